The van der Waals surface area contributed by atoms with Gasteiger partial charge in [-0.25, -0.2) is 9.38 Å². The van der Waals surface area contributed by atoms with E-state index >= 15 is 4.39 Å². The van der Waals surface area contributed by atoms with Gasteiger partial charge in [0.05, 0.1) is 17.3 Å². The van der Waals surface area contributed by atoms with Gasteiger partial charge in [-0.3, -0.25) is 44.5 Å². The summed E-state index contributed by atoms with van der Waals surface area (Å²) >= 11 is 0. The minimum Gasteiger partial charge on any atom is -0.370 e. The van der Waals surface area contributed by atoms with Gasteiger partial charge in [0, 0.05) is 50.2 Å². The maximum absolute atomic E-state index is 16.0. The van der Waals surface area contributed by atoms with E-state index in [0.29, 0.717) is 19.6 Å². The molecule has 0 aliphatic carbocycles. The zero-order valence-corrected chi connectivity index (χ0v) is 24.8. The van der Waals surface area contributed by atoms with Crippen LogP contribution in [0.25, 0.3) is 0 Å². The summed E-state index contributed by atoms with van der Waals surface area (Å²) in [7, 11) is 0. The van der Waals surface area contributed by atoms with Crippen LogP contribution >= 0.6 is 0 Å². The number of aliphatic imine (C=N–C) groups is 1. The highest BCUT2D eigenvalue weighted by Crippen LogP contribution is 2.44. The van der Waals surface area contributed by atoms with Gasteiger partial charge < -0.3 is 15.5 Å². The second-order valence-electron chi connectivity index (χ2n) is 13.2. The number of halogens is 1. The quantitative estimate of drug-likeness (QED) is 0.357. The Hall–Kier alpha value is -4.24. The molecule has 7 rings (SSSR count). The SMILES string of the molecule is NC(=O)C1(N2CCC(F)(CN3CCC4(CC3)CN(c3ccc5c(c3)C(=O)N(C3CCC(=O)NC3=O)C5=O)C4)CC2)C=NC=NN1. The molecule has 45 heavy (non-hydrogen) atoms. The van der Waals surface area contributed by atoms with Crippen LogP contribution in [-0.2, 0) is 14.4 Å². The number of piperidine rings is 3. The molecule has 0 bridgehead atoms. The number of primary amides is 1. The molecule has 4 fully saturated rings. The molecule has 6 aliphatic rings. The molecule has 0 radical (unpaired) electrons. The van der Waals surface area contributed by atoms with Crippen LogP contribution in [0.2, 0.25) is 0 Å². The average molecular weight is 622 g/mol. The van der Waals surface area contributed by atoms with Crippen LogP contribution in [0.4, 0.5) is 10.1 Å². The summed E-state index contributed by atoms with van der Waals surface area (Å²) in [6.07, 6.45) is 5.33. The summed E-state index contributed by atoms with van der Waals surface area (Å²) in [4.78, 5) is 73.5. The van der Waals surface area contributed by atoms with Crippen molar-refractivity contribution >= 4 is 47.8 Å². The van der Waals surface area contributed by atoms with Gasteiger partial charge in [-0.05, 0) is 63.4 Å². The second kappa shape index (κ2) is 10.7. The average Bonchev–Trinajstić information content (AvgIpc) is 3.25. The number of hydrazone groups is 1. The van der Waals surface area contributed by atoms with Crippen LogP contribution in [0, 0.1) is 5.41 Å². The molecule has 14 nitrogen and oxygen atoms in total. The predicted molar refractivity (Wildman–Crippen MR) is 160 cm³/mol. The molecule has 15 heteroatoms. The van der Waals surface area contributed by atoms with Gasteiger partial charge in [0.25, 0.3) is 17.7 Å². The van der Waals surface area contributed by atoms with Crippen LogP contribution in [0.1, 0.15) is 59.2 Å². The number of nitrogens with zero attached hydrogens (tertiary/aromatic N) is 6. The summed E-state index contributed by atoms with van der Waals surface area (Å²) in [5.41, 5.74) is 7.21. The van der Waals surface area contributed by atoms with Crippen molar-refractivity contribution in [3.63, 3.8) is 0 Å². The summed E-state index contributed by atoms with van der Waals surface area (Å²) in [6, 6.07) is 4.22. The van der Waals surface area contributed by atoms with E-state index in [4.69, 9.17) is 5.73 Å². The first-order valence-corrected chi connectivity index (χ1v) is 15.4. The van der Waals surface area contributed by atoms with E-state index in [1.807, 2.05) is 6.07 Å². The number of nitrogens with two attached hydrogens (primary N) is 1. The molecule has 2 unspecified atom stereocenters. The van der Waals surface area contributed by atoms with Crippen molar-refractivity contribution in [2.75, 3.05) is 50.7 Å². The largest absolute Gasteiger partial charge is 0.370 e. The van der Waals surface area contributed by atoms with Crippen molar-refractivity contribution in [1.82, 2.24) is 25.4 Å². The van der Waals surface area contributed by atoms with Gasteiger partial charge in [-0.1, -0.05) is 0 Å². The number of carbonyl (C=O) groups is 5. The lowest BCUT2D eigenvalue weighted by atomic mass is 9.71. The number of alkyl halides is 1. The topological polar surface area (TPSA) is 173 Å². The van der Waals surface area contributed by atoms with Gasteiger partial charge in [0.1, 0.15) is 18.0 Å². The minimum absolute atomic E-state index is 0.0776. The standard InChI is InChI=1S/C30H36FN9O5/c31-29(7-11-39(12-8-29)30(27(32)45)14-33-18-34-36-30)17-37-9-5-28(6-10-37)15-38(16-28)19-1-2-20-21(13-19)26(44)40(25(20)43)22-3-4-23(41)35-24(22)42/h1-2,13-14,18,22,36H,3-12,15-17H2,(H2,32,45)(H,35,41,42). The Morgan fingerprint density at radius 1 is 1.00 bits per heavy atom. The lowest BCUT2D eigenvalue weighted by Gasteiger charge is -2.55. The first-order valence-electron chi connectivity index (χ1n) is 15.4. The van der Waals surface area contributed by atoms with Gasteiger partial charge in [0.2, 0.25) is 17.5 Å². The van der Waals surface area contributed by atoms with E-state index in [2.05, 4.69) is 30.6 Å². The second-order valence-corrected chi connectivity index (χ2v) is 13.2. The zero-order chi connectivity index (χ0) is 31.6. The fourth-order valence-electron chi connectivity index (χ4n) is 7.68. The molecule has 6 heterocycles. The van der Waals surface area contributed by atoms with Crippen LogP contribution < -0.4 is 21.4 Å². The van der Waals surface area contributed by atoms with Crippen LogP contribution in [-0.4, -0.2) is 120 Å². The van der Waals surface area contributed by atoms with Crippen molar-refractivity contribution in [2.24, 2.45) is 21.2 Å². The van der Waals surface area contributed by atoms with E-state index in [-0.39, 0.29) is 42.2 Å². The Bertz CT molecular complexity index is 1520. The molecule has 1 aromatic carbocycles. The number of benzene rings is 1. The highest BCUT2D eigenvalue weighted by atomic mass is 19.1. The lowest BCUT2D eigenvalue weighted by molar-refractivity contribution is -0.136. The Balaban J connectivity index is 0.919. The molecule has 0 aromatic heterocycles. The van der Waals surface area contributed by atoms with E-state index in [1.54, 1.807) is 17.0 Å². The van der Waals surface area contributed by atoms with Crippen molar-refractivity contribution < 1.29 is 28.4 Å². The maximum Gasteiger partial charge on any atom is 0.265 e. The third kappa shape index (κ3) is 4.97. The number of imide groups is 2. The van der Waals surface area contributed by atoms with Gasteiger partial charge in [0.15, 0.2) is 0 Å². The summed E-state index contributed by atoms with van der Waals surface area (Å²) in [6.45, 7) is 4.22. The summed E-state index contributed by atoms with van der Waals surface area (Å²) in [5.74, 6) is -2.68. The summed E-state index contributed by atoms with van der Waals surface area (Å²) < 4.78 is 16.0. The Morgan fingerprint density at radius 3 is 2.36 bits per heavy atom. The maximum atomic E-state index is 16.0. The molecule has 238 valence electrons. The van der Waals surface area contributed by atoms with Crippen molar-refractivity contribution in [3.05, 3.63) is 29.3 Å². The summed E-state index contributed by atoms with van der Waals surface area (Å²) in [5, 5.41) is 6.10. The molecular weight excluding hydrogens is 585 g/mol. The fraction of sp³-hybridized carbons (Fsp3) is 0.567. The number of hydrogen-bond donors (Lipinski definition) is 3. The number of nitrogens with one attached hydrogen (secondary N) is 2. The van der Waals surface area contributed by atoms with Gasteiger partial charge in [-0.2, -0.15) is 5.10 Å². The van der Waals surface area contributed by atoms with Crippen LogP contribution in [0.15, 0.2) is 28.3 Å². The van der Waals surface area contributed by atoms with Crippen LogP contribution in [0.3, 0.4) is 0 Å². The number of anilines is 1. The smallest absolute Gasteiger partial charge is 0.265 e. The van der Waals surface area contributed by atoms with Crippen molar-refractivity contribution in [3.8, 4) is 0 Å². The number of hydrogen-bond acceptors (Lipinski definition) is 11. The number of likely N-dealkylation sites (tertiary alicyclic amines) is 2. The molecule has 6 aliphatic heterocycles. The number of fused-ring (bicyclic) bond motifs is 1. The fourth-order valence-corrected chi connectivity index (χ4v) is 7.68. The molecule has 4 N–H and O–H groups in total. The normalized spacial score (nSPS) is 29.4. The predicted octanol–water partition coefficient (Wildman–Crippen LogP) is -0.407. The Morgan fingerprint density at radius 2 is 1.71 bits per heavy atom. The molecule has 1 spiro atoms. The van der Waals surface area contributed by atoms with E-state index < -0.39 is 46.9 Å². The highest BCUT2D eigenvalue weighted by Gasteiger charge is 2.50. The van der Waals surface area contributed by atoms with E-state index in [9.17, 15) is 24.0 Å². The Labute approximate surface area is 258 Å². The first-order chi connectivity index (χ1) is 21.5. The molecule has 4 saturated heterocycles. The monoisotopic (exact) mass is 621 g/mol. The lowest BCUT2D eigenvalue weighted by Crippen LogP contribution is -2.69. The zero-order valence-electron chi connectivity index (χ0n) is 24.8. The van der Waals surface area contributed by atoms with E-state index in [0.717, 1.165) is 49.6 Å². The van der Waals surface area contributed by atoms with E-state index in [1.165, 1.54) is 12.6 Å². The highest BCUT2D eigenvalue weighted by molar-refractivity contribution is 6.23. The van der Waals surface area contributed by atoms with Crippen LogP contribution in [0.5, 0.6) is 0 Å². The molecule has 2 atom stereocenters. The third-order valence-electron chi connectivity index (χ3n) is 10.4. The number of carbonyl (C=O) groups excluding carboxylic acids is 5. The molecule has 1 aromatic rings. The number of rotatable bonds is 6. The van der Waals surface area contributed by atoms with Crippen molar-refractivity contribution in [1.29, 1.82) is 0 Å². The molecule has 5 amide bonds. The Kier molecular flexibility index (Phi) is 7.00. The first kappa shape index (κ1) is 29.5. The number of amides is 5. The van der Waals surface area contributed by atoms with Gasteiger partial charge >= 0.3 is 0 Å². The van der Waals surface area contributed by atoms with Gasteiger partial charge in [-0.15, -0.1) is 0 Å². The third-order valence-corrected chi connectivity index (χ3v) is 10.4. The molecular formula is C30H36FN9O5. The minimum atomic E-state index is -1.36. The molecule has 0 saturated carbocycles. The van der Waals surface area contributed by atoms with Crippen molar-refractivity contribution in [2.45, 2.75) is 55.9 Å².